The van der Waals surface area contributed by atoms with Crippen molar-refractivity contribution in [3.63, 3.8) is 0 Å². The molecular formula is C35H46F2N8O3. The molecule has 0 radical (unpaired) electrons. The molecule has 1 saturated heterocycles. The Labute approximate surface area is 279 Å². The van der Waals surface area contributed by atoms with Crippen LogP contribution in [0.2, 0.25) is 0 Å². The van der Waals surface area contributed by atoms with Crippen molar-refractivity contribution in [2.45, 2.75) is 89.6 Å². The number of carboxylic acids is 1. The molecule has 2 N–H and O–H groups in total. The summed E-state index contributed by atoms with van der Waals surface area (Å²) in [4.78, 5) is 36.6. The van der Waals surface area contributed by atoms with E-state index in [2.05, 4.69) is 20.2 Å². The lowest BCUT2D eigenvalue weighted by atomic mass is 9.86. The van der Waals surface area contributed by atoms with Crippen molar-refractivity contribution in [3.8, 4) is 0 Å². The first kappa shape index (κ1) is 34.0. The SMILES string of the molecule is C[C@@H](N=CC1CCC(=Nc2ncc3nc(Nc4ccc(F)cc4F)n(C4CCC(COCCN5CCCCC5)CC4)c3n2)CC1)C(=O)O. The number of carbonyl (C=O) groups is 1. The number of aliphatic imine (C=N–C) groups is 2. The van der Waals surface area contributed by atoms with Gasteiger partial charge >= 0.3 is 5.97 Å². The number of carboxylic acid groups (broad SMARTS) is 1. The Morgan fingerprint density at radius 1 is 1.10 bits per heavy atom. The van der Waals surface area contributed by atoms with Gasteiger partial charge in [0.1, 0.15) is 23.2 Å². The highest BCUT2D eigenvalue weighted by Gasteiger charge is 2.28. The van der Waals surface area contributed by atoms with E-state index in [4.69, 9.17) is 24.8 Å². The van der Waals surface area contributed by atoms with Crippen LogP contribution in [-0.4, -0.2) is 86.3 Å². The second kappa shape index (κ2) is 16.0. The molecule has 2 aliphatic carbocycles. The minimum atomic E-state index is -0.933. The van der Waals surface area contributed by atoms with E-state index in [1.165, 1.54) is 44.5 Å². The molecule has 3 aliphatic rings. The minimum Gasteiger partial charge on any atom is -0.480 e. The lowest BCUT2D eigenvalue weighted by Crippen LogP contribution is -2.33. The number of rotatable bonds is 12. The molecule has 0 bridgehead atoms. The summed E-state index contributed by atoms with van der Waals surface area (Å²) < 4.78 is 36.5. The van der Waals surface area contributed by atoms with Crippen molar-refractivity contribution < 1.29 is 23.4 Å². The molecular weight excluding hydrogens is 618 g/mol. The van der Waals surface area contributed by atoms with E-state index in [1.807, 2.05) is 4.57 Å². The highest BCUT2D eigenvalue weighted by Crippen LogP contribution is 2.37. The van der Waals surface area contributed by atoms with Gasteiger partial charge in [-0.15, -0.1) is 0 Å². The summed E-state index contributed by atoms with van der Waals surface area (Å²) in [6, 6.07) is 2.77. The number of nitrogens with zero attached hydrogens (tertiary/aromatic N) is 7. The maximum Gasteiger partial charge on any atom is 0.328 e. The predicted molar refractivity (Wildman–Crippen MR) is 182 cm³/mol. The van der Waals surface area contributed by atoms with Crippen molar-refractivity contribution in [3.05, 3.63) is 36.0 Å². The molecule has 0 spiro atoms. The number of imidazole rings is 1. The lowest BCUT2D eigenvalue weighted by Gasteiger charge is -2.31. The first-order chi connectivity index (χ1) is 23.3. The molecule has 1 atom stereocenters. The minimum absolute atomic E-state index is 0.0731. The zero-order valence-corrected chi connectivity index (χ0v) is 27.7. The molecule has 6 rings (SSSR count). The number of aliphatic carboxylic acids is 1. The number of benzene rings is 1. The molecule has 13 heteroatoms. The van der Waals surface area contributed by atoms with Crippen LogP contribution in [0.1, 0.15) is 83.6 Å². The molecule has 1 aliphatic heterocycles. The van der Waals surface area contributed by atoms with Gasteiger partial charge in [0.25, 0.3) is 5.95 Å². The topological polar surface area (TPSA) is 130 Å². The zero-order chi connectivity index (χ0) is 33.5. The van der Waals surface area contributed by atoms with E-state index in [-0.39, 0.29) is 17.6 Å². The summed E-state index contributed by atoms with van der Waals surface area (Å²) in [5.41, 5.74) is 2.32. The Kier molecular flexibility index (Phi) is 11.4. The van der Waals surface area contributed by atoms with Crippen LogP contribution < -0.4 is 5.32 Å². The van der Waals surface area contributed by atoms with Gasteiger partial charge in [-0.2, -0.15) is 4.98 Å². The molecule has 258 valence electrons. The van der Waals surface area contributed by atoms with Crippen molar-refractivity contribution >= 4 is 46.6 Å². The summed E-state index contributed by atoms with van der Waals surface area (Å²) in [5.74, 6) is -0.799. The van der Waals surface area contributed by atoms with Gasteiger partial charge in [-0.3, -0.25) is 9.56 Å². The first-order valence-electron chi connectivity index (χ1n) is 17.4. The van der Waals surface area contributed by atoms with Crippen molar-refractivity contribution in [1.82, 2.24) is 24.4 Å². The van der Waals surface area contributed by atoms with Gasteiger partial charge in [-0.1, -0.05) is 6.42 Å². The fourth-order valence-corrected chi connectivity index (χ4v) is 6.97. The molecule has 2 saturated carbocycles. The number of fused-ring (bicyclic) bond motifs is 1. The predicted octanol–water partition coefficient (Wildman–Crippen LogP) is 6.89. The van der Waals surface area contributed by atoms with Crippen LogP contribution in [0.15, 0.2) is 34.4 Å². The van der Waals surface area contributed by atoms with E-state index < -0.39 is 23.6 Å². The standard InChI is InChI=1S/C35H46F2N8O3/c1-23(33(46)47)38-20-24-5-10-27(11-6-24)40-34-39-21-31-32(43-34)45(35(42-31)41-30-14-9-26(36)19-29(30)37)28-12-7-25(8-13-28)22-48-18-17-44-15-3-2-4-16-44/h9,14,19-21,23-25,28H,2-8,10-13,15-18,22H2,1H3,(H,41,42)(H,46,47)/t23-,24?,25?,28?/m1/s1. The van der Waals surface area contributed by atoms with Crippen LogP contribution in [0.5, 0.6) is 0 Å². The molecule has 0 amide bonds. The Morgan fingerprint density at radius 3 is 2.60 bits per heavy atom. The van der Waals surface area contributed by atoms with Crippen molar-refractivity contribution in [1.29, 1.82) is 0 Å². The van der Waals surface area contributed by atoms with E-state index in [1.54, 1.807) is 19.3 Å². The van der Waals surface area contributed by atoms with Crippen LogP contribution in [0.3, 0.4) is 0 Å². The van der Waals surface area contributed by atoms with Gasteiger partial charge in [0.15, 0.2) is 5.65 Å². The number of anilines is 2. The summed E-state index contributed by atoms with van der Waals surface area (Å²) >= 11 is 0. The van der Waals surface area contributed by atoms with Crippen LogP contribution in [0.4, 0.5) is 26.4 Å². The van der Waals surface area contributed by atoms with Crippen LogP contribution in [-0.2, 0) is 9.53 Å². The zero-order valence-electron chi connectivity index (χ0n) is 27.7. The molecule has 48 heavy (non-hydrogen) atoms. The number of hydrogen-bond acceptors (Lipinski definition) is 9. The van der Waals surface area contributed by atoms with Gasteiger partial charge in [-0.05, 0) is 108 Å². The van der Waals surface area contributed by atoms with E-state index in [0.29, 0.717) is 29.0 Å². The van der Waals surface area contributed by atoms with Gasteiger partial charge in [0.05, 0.1) is 18.5 Å². The highest BCUT2D eigenvalue weighted by atomic mass is 19.1. The first-order valence-corrected chi connectivity index (χ1v) is 17.4. The fraction of sp³-hybridized carbons (Fsp3) is 0.600. The molecule has 0 unspecified atom stereocenters. The van der Waals surface area contributed by atoms with Crippen LogP contribution in [0, 0.1) is 23.5 Å². The number of nitrogens with one attached hydrogen (secondary N) is 1. The van der Waals surface area contributed by atoms with Gasteiger partial charge < -0.3 is 20.1 Å². The number of piperidine rings is 1. The van der Waals surface area contributed by atoms with Gasteiger partial charge in [-0.25, -0.2) is 28.5 Å². The summed E-state index contributed by atoms with van der Waals surface area (Å²) in [5, 5.41) is 12.2. The second-order valence-corrected chi connectivity index (χ2v) is 13.4. The maximum atomic E-state index is 14.7. The fourth-order valence-electron chi connectivity index (χ4n) is 6.97. The number of aromatic nitrogens is 4. The Bertz CT molecular complexity index is 1600. The maximum absolute atomic E-state index is 14.7. The summed E-state index contributed by atoms with van der Waals surface area (Å²) in [7, 11) is 0. The normalized spacial score (nSPS) is 23.1. The van der Waals surface area contributed by atoms with E-state index in [9.17, 15) is 13.6 Å². The van der Waals surface area contributed by atoms with Gasteiger partial charge in [0.2, 0.25) is 5.95 Å². The Morgan fingerprint density at radius 2 is 1.88 bits per heavy atom. The Balaban J connectivity index is 1.15. The molecule has 3 aromatic rings. The number of hydrogen-bond donors (Lipinski definition) is 2. The van der Waals surface area contributed by atoms with Crippen molar-refractivity contribution in [2.75, 3.05) is 38.2 Å². The van der Waals surface area contributed by atoms with E-state index >= 15 is 0 Å². The van der Waals surface area contributed by atoms with Crippen LogP contribution in [0.25, 0.3) is 11.2 Å². The van der Waals surface area contributed by atoms with Crippen molar-refractivity contribution in [2.24, 2.45) is 21.8 Å². The second-order valence-electron chi connectivity index (χ2n) is 13.4. The number of ether oxygens (including phenoxy) is 1. The summed E-state index contributed by atoms with van der Waals surface area (Å²) in [6.45, 7) is 6.44. The molecule has 2 aromatic heterocycles. The highest BCUT2D eigenvalue weighted by molar-refractivity contribution is 5.88. The third kappa shape index (κ3) is 8.79. The average Bonchev–Trinajstić information content (AvgIpc) is 3.45. The van der Waals surface area contributed by atoms with Crippen LogP contribution >= 0.6 is 0 Å². The molecule has 11 nitrogen and oxygen atoms in total. The molecule has 1 aromatic carbocycles. The molecule has 3 heterocycles. The summed E-state index contributed by atoms with van der Waals surface area (Å²) in [6.07, 6.45) is 14.3. The smallest absolute Gasteiger partial charge is 0.328 e. The number of halogens is 2. The Hall–Kier alpha value is -3.84. The third-order valence-corrected chi connectivity index (χ3v) is 9.88. The average molecular weight is 665 g/mol. The quantitative estimate of drug-likeness (QED) is 0.158. The van der Waals surface area contributed by atoms with Gasteiger partial charge in [0, 0.05) is 37.2 Å². The van der Waals surface area contributed by atoms with E-state index in [0.717, 1.165) is 82.9 Å². The molecule has 3 fully saturated rings. The number of likely N-dealkylation sites (tertiary alicyclic amines) is 1. The third-order valence-electron chi connectivity index (χ3n) is 9.88. The largest absolute Gasteiger partial charge is 0.480 e. The lowest BCUT2D eigenvalue weighted by molar-refractivity contribution is -0.137. The monoisotopic (exact) mass is 664 g/mol.